The topological polar surface area (TPSA) is 90.1 Å². The summed E-state index contributed by atoms with van der Waals surface area (Å²) in [5.74, 6) is -0.251. The van der Waals surface area contributed by atoms with E-state index in [0.717, 1.165) is 11.8 Å². The Bertz CT molecular complexity index is 609. The highest BCUT2D eigenvalue weighted by Crippen LogP contribution is 2.11. The zero-order valence-electron chi connectivity index (χ0n) is 10.9. The molecule has 1 aromatic carbocycles. The highest BCUT2D eigenvalue weighted by molar-refractivity contribution is 5.76. The Morgan fingerprint density at radius 1 is 1.45 bits per heavy atom. The van der Waals surface area contributed by atoms with Gasteiger partial charge in [0.2, 0.25) is 5.91 Å². The molecule has 0 unspecified atom stereocenters. The monoisotopic (exact) mass is 274 g/mol. The minimum atomic E-state index is -0.548. The lowest BCUT2D eigenvalue weighted by Gasteiger charge is -2.14. The van der Waals surface area contributed by atoms with Crippen molar-refractivity contribution in [2.45, 2.75) is 19.5 Å². The average Bonchev–Trinajstić information content (AvgIpc) is 2.88. The summed E-state index contributed by atoms with van der Waals surface area (Å²) in [5.41, 5.74) is 0.862. The van der Waals surface area contributed by atoms with Crippen LogP contribution in [0.3, 0.4) is 0 Å². The van der Waals surface area contributed by atoms with Gasteiger partial charge in [-0.05, 0) is 12.5 Å². The number of hydrogen-bond donors (Lipinski definition) is 1. The van der Waals surface area contributed by atoms with Gasteiger partial charge in [-0.15, -0.1) is 0 Å². The predicted octanol–water partition coefficient (Wildman–Crippen LogP) is 1.67. The van der Waals surface area contributed by atoms with E-state index in [2.05, 4.69) is 10.4 Å². The van der Waals surface area contributed by atoms with Gasteiger partial charge in [0, 0.05) is 0 Å². The van der Waals surface area contributed by atoms with E-state index in [-0.39, 0.29) is 24.2 Å². The minimum Gasteiger partial charge on any atom is -0.348 e. The van der Waals surface area contributed by atoms with Crippen molar-refractivity contribution in [1.82, 2.24) is 15.1 Å². The molecular formula is C13H14N4O3. The fourth-order valence-corrected chi connectivity index (χ4v) is 1.79. The summed E-state index contributed by atoms with van der Waals surface area (Å²) in [5, 5.41) is 17.1. The van der Waals surface area contributed by atoms with Gasteiger partial charge < -0.3 is 5.32 Å². The summed E-state index contributed by atoms with van der Waals surface area (Å²) in [6.07, 6.45) is 2.35. The van der Waals surface area contributed by atoms with Gasteiger partial charge in [-0.25, -0.2) is 0 Å². The summed E-state index contributed by atoms with van der Waals surface area (Å²) in [6, 6.07) is 9.41. The van der Waals surface area contributed by atoms with E-state index in [0.29, 0.717) is 0 Å². The third-order valence-corrected chi connectivity index (χ3v) is 2.81. The molecule has 1 heterocycles. The first-order valence-electron chi connectivity index (χ1n) is 6.07. The lowest BCUT2D eigenvalue weighted by Crippen LogP contribution is -2.30. The molecule has 0 bridgehead atoms. The Labute approximate surface area is 115 Å². The van der Waals surface area contributed by atoms with E-state index >= 15 is 0 Å². The molecule has 1 amide bonds. The molecule has 0 spiro atoms. The number of aromatic nitrogens is 2. The van der Waals surface area contributed by atoms with Crippen LogP contribution in [-0.4, -0.2) is 20.6 Å². The molecule has 0 saturated carbocycles. The largest absolute Gasteiger partial charge is 0.348 e. The first-order chi connectivity index (χ1) is 9.56. The smallest absolute Gasteiger partial charge is 0.307 e. The van der Waals surface area contributed by atoms with Gasteiger partial charge in [0.05, 0.1) is 11.0 Å². The van der Waals surface area contributed by atoms with Crippen LogP contribution in [0.5, 0.6) is 0 Å². The van der Waals surface area contributed by atoms with Gasteiger partial charge >= 0.3 is 5.69 Å². The molecule has 0 fully saturated rings. The second-order valence-corrected chi connectivity index (χ2v) is 4.35. The molecule has 1 aromatic heterocycles. The Balaban J connectivity index is 1.93. The quantitative estimate of drug-likeness (QED) is 0.663. The SMILES string of the molecule is C[C@H](NC(=O)Cn1cc([N+](=O)[O-])cn1)c1ccccc1. The number of rotatable bonds is 5. The van der Waals surface area contributed by atoms with Gasteiger partial charge in [0.1, 0.15) is 18.9 Å². The maximum absolute atomic E-state index is 11.8. The fourth-order valence-electron chi connectivity index (χ4n) is 1.79. The summed E-state index contributed by atoms with van der Waals surface area (Å²) >= 11 is 0. The third kappa shape index (κ3) is 3.41. The zero-order chi connectivity index (χ0) is 14.5. The summed E-state index contributed by atoms with van der Waals surface area (Å²) < 4.78 is 1.24. The first kappa shape index (κ1) is 13.7. The summed E-state index contributed by atoms with van der Waals surface area (Å²) in [6.45, 7) is 1.82. The number of benzene rings is 1. The van der Waals surface area contributed by atoms with Crippen molar-refractivity contribution >= 4 is 11.6 Å². The standard InChI is InChI=1S/C13H14N4O3/c1-10(11-5-3-2-4-6-11)15-13(18)9-16-8-12(7-14-16)17(19)20/h2-8,10H,9H2,1H3,(H,15,18)/t10-/m0/s1. The molecule has 0 radical (unpaired) electrons. The van der Waals surface area contributed by atoms with E-state index in [1.165, 1.54) is 10.9 Å². The molecule has 2 aromatic rings. The first-order valence-corrected chi connectivity index (χ1v) is 6.07. The molecule has 20 heavy (non-hydrogen) atoms. The van der Waals surface area contributed by atoms with Crippen molar-refractivity contribution in [2.75, 3.05) is 0 Å². The predicted molar refractivity (Wildman–Crippen MR) is 71.9 cm³/mol. The van der Waals surface area contributed by atoms with Crippen molar-refractivity contribution in [1.29, 1.82) is 0 Å². The van der Waals surface area contributed by atoms with Gasteiger partial charge in [0.25, 0.3) is 0 Å². The summed E-state index contributed by atoms with van der Waals surface area (Å²) in [4.78, 5) is 21.8. The molecule has 104 valence electrons. The number of hydrogen-bond acceptors (Lipinski definition) is 4. The van der Waals surface area contributed by atoms with Crippen molar-refractivity contribution in [2.24, 2.45) is 0 Å². The average molecular weight is 274 g/mol. The molecule has 7 nitrogen and oxygen atoms in total. The second kappa shape index (κ2) is 5.96. The fraction of sp³-hybridized carbons (Fsp3) is 0.231. The minimum absolute atomic E-state index is 0.0506. The number of carbonyl (C=O) groups excluding carboxylic acids is 1. The maximum Gasteiger partial charge on any atom is 0.307 e. The normalized spacial score (nSPS) is 11.8. The lowest BCUT2D eigenvalue weighted by molar-refractivity contribution is -0.385. The number of nitro groups is 1. The van der Waals surface area contributed by atoms with Crippen molar-refractivity contribution < 1.29 is 9.72 Å². The highest BCUT2D eigenvalue weighted by atomic mass is 16.6. The Hall–Kier alpha value is -2.70. The van der Waals surface area contributed by atoms with Crippen LogP contribution in [0.15, 0.2) is 42.7 Å². The van der Waals surface area contributed by atoms with Crippen LogP contribution in [-0.2, 0) is 11.3 Å². The van der Waals surface area contributed by atoms with Gasteiger partial charge in [-0.1, -0.05) is 30.3 Å². The number of carbonyl (C=O) groups is 1. The van der Waals surface area contributed by atoms with Crippen molar-refractivity contribution in [3.63, 3.8) is 0 Å². The van der Waals surface area contributed by atoms with E-state index in [1.807, 2.05) is 37.3 Å². The molecule has 0 aliphatic rings. The maximum atomic E-state index is 11.8. The van der Waals surface area contributed by atoms with Crippen LogP contribution in [0.25, 0.3) is 0 Å². The van der Waals surface area contributed by atoms with Crippen molar-refractivity contribution in [3.8, 4) is 0 Å². The Morgan fingerprint density at radius 3 is 2.75 bits per heavy atom. The zero-order valence-corrected chi connectivity index (χ0v) is 10.9. The molecule has 2 rings (SSSR count). The second-order valence-electron chi connectivity index (χ2n) is 4.35. The molecule has 0 saturated heterocycles. The van der Waals surface area contributed by atoms with Crippen LogP contribution in [0.1, 0.15) is 18.5 Å². The lowest BCUT2D eigenvalue weighted by atomic mass is 10.1. The van der Waals surface area contributed by atoms with E-state index < -0.39 is 4.92 Å². The molecule has 7 heteroatoms. The molecule has 1 N–H and O–H groups in total. The van der Waals surface area contributed by atoms with Crippen LogP contribution in [0, 0.1) is 10.1 Å². The van der Waals surface area contributed by atoms with Gasteiger partial charge in [-0.3, -0.25) is 19.6 Å². The number of nitrogens with zero attached hydrogens (tertiary/aromatic N) is 3. The van der Waals surface area contributed by atoms with Crippen LogP contribution in [0.4, 0.5) is 5.69 Å². The summed E-state index contributed by atoms with van der Waals surface area (Å²) in [7, 11) is 0. The molecule has 0 aliphatic carbocycles. The molecular weight excluding hydrogens is 260 g/mol. The van der Waals surface area contributed by atoms with E-state index in [4.69, 9.17) is 0 Å². The van der Waals surface area contributed by atoms with Crippen LogP contribution in [0.2, 0.25) is 0 Å². The Morgan fingerprint density at radius 2 is 2.15 bits per heavy atom. The highest BCUT2D eigenvalue weighted by Gasteiger charge is 2.13. The van der Waals surface area contributed by atoms with Gasteiger partial charge in [0.15, 0.2) is 0 Å². The van der Waals surface area contributed by atoms with E-state index in [9.17, 15) is 14.9 Å². The Kier molecular flexibility index (Phi) is 4.09. The molecule has 1 atom stereocenters. The molecule has 0 aliphatic heterocycles. The van der Waals surface area contributed by atoms with Crippen LogP contribution >= 0.6 is 0 Å². The van der Waals surface area contributed by atoms with Crippen LogP contribution < -0.4 is 5.32 Å². The number of nitrogens with one attached hydrogen (secondary N) is 1. The third-order valence-electron chi connectivity index (χ3n) is 2.81. The number of amides is 1. The van der Waals surface area contributed by atoms with Gasteiger partial charge in [-0.2, -0.15) is 5.10 Å². The van der Waals surface area contributed by atoms with Crippen molar-refractivity contribution in [3.05, 3.63) is 58.4 Å². The van der Waals surface area contributed by atoms with E-state index in [1.54, 1.807) is 0 Å².